The van der Waals surface area contributed by atoms with Gasteiger partial charge in [0.1, 0.15) is 0 Å². The molecular weight excluding hydrogens is 226 g/mol. The molecule has 0 aromatic rings. The van der Waals surface area contributed by atoms with E-state index in [0.29, 0.717) is 5.92 Å². The number of piperidine rings is 1. The molecule has 1 N–H and O–H groups in total. The van der Waals surface area contributed by atoms with Crippen LogP contribution in [0, 0.1) is 5.92 Å². The lowest BCUT2D eigenvalue weighted by molar-refractivity contribution is -0.135. The summed E-state index contributed by atoms with van der Waals surface area (Å²) in [6.45, 7) is 3.23. The standard InChI is InChI=1S/C12H20F2N2O/c1-2-9-3-5-16(6-4-9)11(17)10-7-12(13,14)8-15-10/h9-10,15H,2-8H2,1H3. The number of likely N-dealkylation sites (tertiary alicyclic amines) is 1. The second kappa shape index (κ2) is 4.88. The van der Waals surface area contributed by atoms with Crippen LogP contribution in [0.2, 0.25) is 0 Å². The molecule has 17 heavy (non-hydrogen) atoms. The molecule has 0 bridgehead atoms. The third-order valence-electron chi connectivity index (χ3n) is 3.91. The van der Waals surface area contributed by atoms with Gasteiger partial charge in [0.05, 0.1) is 12.6 Å². The van der Waals surface area contributed by atoms with E-state index in [0.717, 1.165) is 32.4 Å². The average molecular weight is 246 g/mol. The minimum Gasteiger partial charge on any atom is -0.341 e. The molecule has 98 valence electrons. The number of rotatable bonds is 2. The Balaban J connectivity index is 1.85. The molecule has 2 aliphatic heterocycles. The fraction of sp³-hybridized carbons (Fsp3) is 0.917. The minimum absolute atomic E-state index is 0.142. The SMILES string of the molecule is CCC1CCN(C(=O)C2CC(F)(F)CN2)CC1. The zero-order valence-corrected chi connectivity index (χ0v) is 10.2. The molecule has 0 spiro atoms. The summed E-state index contributed by atoms with van der Waals surface area (Å²) in [7, 11) is 0. The topological polar surface area (TPSA) is 32.3 Å². The molecule has 0 radical (unpaired) electrons. The van der Waals surface area contributed by atoms with Crippen molar-refractivity contribution >= 4 is 5.91 Å². The highest BCUT2D eigenvalue weighted by Crippen LogP contribution is 2.27. The summed E-state index contributed by atoms with van der Waals surface area (Å²) in [5, 5.41) is 2.63. The molecule has 2 rings (SSSR count). The molecule has 1 unspecified atom stereocenters. The number of alkyl halides is 2. The van der Waals surface area contributed by atoms with Gasteiger partial charge in [-0.25, -0.2) is 8.78 Å². The second-order valence-corrected chi connectivity index (χ2v) is 5.17. The molecule has 5 heteroatoms. The highest BCUT2D eigenvalue weighted by Gasteiger charge is 2.43. The summed E-state index contributed by atoms with van der Waals surface area (Å²) in [4.78, 5) is 13.8. The predicted octanol–water partition coefficient (Wildman–Crippen LogP) is 1.63. The summed E-state index contributed by atoms with van der Waals surface area (Å²) < 4.78 is 26.0. The van der Waals surface area contributed by atoms with Crippen LogP contribution in [-0.2, 0) is 4.79 Å². The van der Waals surface area contributed by atoms with E-state index in [1.54, 1.807) is 4.90 Å². The van der Waals surface area contributed by atoms with E-state index in [2.05, 4.69) is 12.2 Å². The maximum atomic E-state index is 13.0. The first-order valence-electron chi connectivity index (χ1n) is 6.42. The van der Waals surface area contributed by atoms with Gasteiger partial charge in [-0.15, -0.1) is 0 Å². The number of halogens is 2. The van der Waals surface area contributed by atoms with Gasteiger partial charge < -0.3 is 4.90 Å². The van der Waals surface area contributed by atoms with E-state index >= 15 is 0 Å². The Bertz CT molecular complexity index is 288. The van der Waals surface area contributed by atoms with Crippen molar-refractivity contribution in [2.75, 3.05) is 19.6 Å². The molecule has 3 nitrogen and oxygen atoms in total. The lowest BCUT2D eigenvalue weighted by Gasteiger charge is -2.33. The van der Waals surface area contributed by atoms with Gasteiger partial charge in [0.25, 0.3) is 5.92 Å². The zero-order valence-electron chi connectivity index (χ0n) is 10.2. The maximum absolute atomic E-state index is 13.0. The van der Waals surface area contributed by atoms with Crippen LogP contribution in [-0.4, -0.2) is 42.4 Å². The molecule has 0 aromatic heterocycles. The fourth-order valence-corrected chi connectivity index (χ4v) is 2.67. The normalized spacial score (nSPS) is 29.6. The summed E-state index contributed by atoms with van der Waals surface area (Å²) in [6.07, 6.45) is 2.80. The maximum Gasteiger partial charge on any atom is 0.262 e. The van der Waals surface area contributed by atoms with Crippen LogP contribution in [0.5, 0.6) is 0 Å². The Labute approximate surface area is 101 Å². The van der Waals surface area contributed by atoms with Gasteiger partial charge >= 0.3 is 0 Å². The lowest BCUT2D eigenvalue weighted by Crippen LogP contribution is -2.46. The van der Waals surface area contributed by atoms with Crippen LogP contribution in [0.3, 0.4) is 0 Å². The molecule has 0 saturated carbocycles. The molecule has 2 saturated heterocycles. The molecule has 0 aromatic carbocycles. The van der Waals surface area contributed by atoms with Crippen molar-refractivity contribution in [1.82, 2.24) is 10.2 Å². The second-order valence-electron chi connectivity index (χ2n) is 5.17. The van der Waals surface area contributed by atoms with Gasteiger partial charge in [-0.2, -0.15) is 0 Å². The monoisotopic (exact) mass is 246 g/mol. The summed E-state index contributed by atoms with van der Waals surface area (Å²) in [5.74, 6) is -2.17. The minimum atomic E-state index is -2.72. The van der Waals surface area contributed by atoms with E-state index in [-0.39, 0.29) is 18.9 Å². The van der Waals surface area contributed by atoms with Gasteiger partial charge in [-0.1, -0.05) is 13.3 Å². The van der Waals surface area contributed by atoms with Crippen LogP contribution in [0.4, 0.5) is 8.78 Å². The number of nitrogens with one attached hydrogen (secondary N) is 1. The number of amides is 1. The highest BCUT2D eigenvalue weighted by molar-refractivity contribution is 5.82. The van der Waals surface area contributed by atoms with Crippen molar-refractivity contribution < 1.29 is 13.6 Å². The molecule has 2 fully saturated rings. The van der Waals surface area contributed by atoms with Gasteiger partial charge in [-0.05, 0) is 18.8 Å². The largest absolute Gasteiger partial charge is 0.341 e. The van der Waals surface area contributed by atoms with Crippen LogP contribution >= 0.6 is 0 Å². The number of carbonyl (C=O) groups excluding carboxylic acids is 1. The van der Waals surface area contributed by atoms with Crippen LogP contribution < -0.4 is 5.32 Å². The number of carbonyl (C=O) groups is 1. The predicted molar refractivity (Wildman–Crippen MR) is 60.9 cm³/mol. The number of hydrogen-bond donors (Lipinski definition) is 1. The smallest absolute Gasteiger partial charge is 0.262 e. The van der Waals surface area contributed by atoms with E-state index < -0.39 is 12.0 Å². The van der Waals surface area contributed by atoms with E-state index in [9.17, 15) is 13.6 Å². The fourth-order valence-electron chi connectivity index (χ4n) is 2.67. The van der Waals surface area contributed by atoms with Crippen LogP contribution in [0.1, 0.15) is 32.6 Å². The van der Waals surface area contributed by atoms with Crippen molar-refractivity contribution in [3.8, 4) is 0 Å². The van der Waals surface area contributed by atoms with Crippen molar-refractivity contribution in [3.05, 3.63) is 0 Å². The van der Waals surface area contributed by atoms with Gasteiger partial charge in [-0.3, -0.25) is 10.1 Å². The Kier molecular flexibility index (Phi) is 3.66. The quantitative estimate of drug-likeness (QED) is 0.803. The van der Waals surface area contributed by atoms with Gasteiger partial charge in [0.2, 0.25) is 5.91 Å². The zero-order chi connectivity index (χ0) is 12.5. The average Bonchev–Trinajstić information content (AvgIpc) is 2.69. The molecule has 0 aliphatic carbocycles. The lowest BCUT2D eigenvalue weighted by atomic mass is 9.94. The van der Waals surface area contributed by atoms with E-state index in [1.165, 1.54) is 0 Å². The molecular formula is C12H20F2N2O. The molecule has 1 amide bonds. The first-order chi connectivity index (χ1) is 8.02. The van der Waals surface area contributed by atoms with Crippen molar-refractivity contribution in [2.24, 2.45) is 5.92 Å². The van der Waals surface area contributed by atoms with Crippen molar-refractivity contribution in [2.45, 2.75) is 44.6 Å². The molecule has 1 atom stereocenters. The first-order valence-corrected chi connectivity index (χ1v) is 6.42. The third-order valence-corrected chi connectivity index (χ3v) is 3.91. The van der Waals surface area contributed by atoms with E-state index in [1.807, 2.05) is 0 Å². The van der Waals surface area contributed by atoms with E-state index in [4.69, 9.17) is 0 Å². The molecule has 2 aliphatic rings. The molecule has 2 heterocycles. The summed E-state index contributed by atoms with van der Waals surface area (Å²) >= 11 is 0. The number of hydrogen-bond acceptors (Lipinski definition) is 2. The summed E-state index contributed by atoms with van der Waals surface area (Å²) in [5.41, 5.74) is 0. The Hall–Kier alpha value is -0.710. The Morgan fingerprint density at radius 2 is 2.06 bits per heavy atom. The van der Waals surface area contributed by atoms with Crippen molar-refractivity contribution in [1.29, 1.82) is 0 Å². The highest BCUT2D eigenvalue weighted by atomic mass is 19.3. The Morgan fingerprint density at radius 1 is 1.41 bits per heavy atom. The van der Waals surface area contributed by atoms with Crippen LogP contribution in [0.15, 0.2) is 0 Å². The van der Waals surface area contributed by atoms with Crippen molar-refractivity contribution in [3.63, 3.8) is 0 Å². The van der Waals surface area contributed by atoms with Gasteiger partial charge in [0, 0.05) is 19.5 Å². The first kappa shape index (κ1) is 12.7. The van der Waals surface area contributed by atoms with Crippen LogP contribution in [0.25, 0.3) is 0 Å². The number of nitrogens with zero attached hydrogens (tertiary/aromatic N) is 1. The third kappa shape index (κ3) is 2.94. The van der Waals surface area contributed by atoms with Gasteiger partial charge in [0.15, 0.2) is 0 Å². The Morgan fingerprint density at radius 3 is 2.53 bits per heavy atom. The summed E-state index contributed by atoms with van der Waals surface area (Å²) in [6, 6.07) is -0.678.